The Bertz CT molecular complexity index is 865. The quantitative estimate of drug-likeness (QED) is 0.844. The maximum Gasteiger partial charge on any atom is 0.217 e. The SMILES string of the molecule is COc1ccc(C2=Cc3cc(OC)c(OC)cc3C(C)(C#N)O2)cc1. The van der Waals surface area contributed by atoms with Crippen molar-refractivity contribution in [2.75, 3.05) is 21.3 Å². The van der Waals surface area contributed by atoms with Crippen LogP contribution in [-0.4, -0.2) is 21.3 Å². The van der Waals surface area contributed by atoms with Crippen molar-refractivity contribution in [3.05, 3.63) is 53.1 Å². The van der Waals surface area contributed by atoms with Crippen LogP contribution in [0.4, 0.5) is 0 Å². The predicted molar refractivity (Wildman–Crippen MR) is 94.5 cm³/mol. The zero-order valence-corrected chi connectivity index (χ0v) is 14.6. The highest BCUT2D eigenvalue weighted by Gasteiger charge is 2.36. The van der Waals surface area contributed by atoms with E-state index in [0.29, 0.717) is 17.3 Å². The van der Waals surface area contributed by atoms with Crippen molar-refractivity contribution in [1.29, 1.82) is 5.26 Å². The Morgan fingerprint density at radius 1 is 0.960 bits per heavy atom. The number of hydrogen-bond donors (Lipinski definition) is 0. The molecule has 0 aliphatic carbocycles. The second kappa shape index (κ2) is 6.40. The van der Waals surface area contributed by atoms with Crippen molar-refractivity contribution in [3.8, 4) is 23.3 Å². The minimum Gasteiger partial charge on any atom is -0.497 e. The highest BCUT2D eigenvalue weighted by Crippen LogP contribution is 2.44. The molecule has 25 heavy (non-hydrogen) atoms. The van der Waals surface area contributed by atoms with E-state index < -0.39 is 5.60 Å². The summed E-state index contributed by atoms with van der Waals surface area (Å²) in [6, 6.07) is 13.4. The molecule has 0 amide bonds. The van der Waals surface area contributed by atoms with E-state index in [1.807, 2.05) is 36.4 Å². The molecule has 0 saturated heterocycles. The average molecular weight is 337 g/mol. The van der Waals surface area contributed by atoms with Crippen molar-refractivity contribution in [2.45, 2.75) is 12.5 Å². The Hall–Kier alpha value is -3.13. The first kappa shape index (κ1) is 16.7. The lowest BCUT2D eigenvalue weighted by atomic mass is 9.88. The van der Waals surface area contributed by atoms with Gasteiger partial charge in [-0.1, -0.05) is 0 Å². The highest BCUT2D eigenvalue weighted by atomic mass is 16.5. The molecule has 0 aromatic heterocycles. The van der Waals surface area contributed by atoms with E-state index in [2.05, 4.69) is 6.07 Å². The zero-order valence-electron chi connectivity index (χ0n) is 14.6. The first-order valence-electron chi connectivity index (χ1n) is 7.77. The lowest BCUT2D eigenvalue weighted by molar-refractivity contribution is 0.111. The Morgan fingerprint density at radius 2 is 1.60 bits per heavy atom. The van der Waals surface area contributed by atoms with E-state index in [9.17, 15) is 5.26 Å². The number of fused-ring (bicyclic) bond motifs is 1. The summed E-state index contributed by atoms with van der Waals surface area (Å²) in [6.45, 7) is 1.74. The van der Waals surface area contributed by atoms with Gasteiger partial charge in [0.25, 0.3) is 0 Å². The van der Waals surface area contributed by atoms with Gasteiger partial charge in [0, 0.05) is 11.1 Å². The summed E-state index contributed by atoms with van der Waals surface area (Å²) in [5, 5.41) is 9.74. The number of nitriles is 1. The summed E-state index contributed by atoms with van der Waals surface area (Å²) in [5.74, 6) is 2.54. The predicted octanol–water partition coefficient (Wildman–Crippen LogP) is 3.98. The van der Waals surface area contributed by atoms with Gasteiger partial charge in [0.05, 0.1) is 21.3 Å². The molecule has 1 heterocycles. The second-order valence-electron chi connectivity index (χ2n) is 5.78. The van der Waals surface area contributed by atoms with Crippen LogP contribution in [0.1, 0.15) is 23.6 Å². The van der Waals surface area contributed by atoms with Crippen LogP contribution in [-0.2, 0) is 10.3 Å². The van der Waals surface area contributed by atoms with Gasteiger partial charge in [0.2, 0.25) is 5.60 Å². The lowest BCUT2D eigenvalue weighted by Crippen LogP contribution is -2.27. The van der Waals surface area contributed by atoms with Crippen LogP contribution in [0.25, 0.3) is 11.8 Å². The van der Waals surface area contributed by atoms with Gasteiger partial charge in [-0.25, -0.2) is 0 Å². The first-order valence-corrected chi connectivity index (χ1v) is 7.77. The van der Waals surface area contributed by atoms with Crippen LogP contribution in [0, 0.1) is 11.3 Å². The summed E-state index contributed by atoms with van der Waals surface area (Å²) in [7, 11) is 4.77. The minimum absolute atomic E-state index is 0.563. The molecule has 0 bridgehead atoms. The largest absolute Gasteiger partial charge is 0.497 e. The molecule has 5 heteroatoms. The van der Waals surface area contributed by atoms with Crippen LogP contribution >= 0.6 is 0 Å². The molecule has 1 atom stereocenters. The van der Waals surface area contributed by atoms with Crippen molar-refractivity contribution < 1.29 is 18.9 Å². The van der Waals surface area contributed by atoms with Crippen LogP contribution in [0.15, 0.2) is 36.4 Å². The zero-order chi connectivity index (χ0) is 18.0. The fourth-order valence-corrected chi connectivity index (χ4v) is 2.85. The Labute approximate surface area is 147 Å². The molecule has 2 aromatic rings. The van der Waals surface area contributed by atoms with E-state index in [4.69, 9.17) is 18.9 Å². The monoisotopic (exact) mass is 337 g/mol. The van der Waals surface area contributed by atoms with E-state index in [1.165, 1.54) is 0 Å². The van der Waals surface area contributed by atoms with Crippen LogP contribution in [0.5, 0.6) is 17.2 Å². The molecule has 0 N–H and O–H groups in total. The van der Waals surface area contributed by atoms with E-state index in [-0.39, 0.29) is 0 Å². The molecule has 1 aliphatic heterocycles. The van der Waals surface area contributed by atoms with Gasteiger partial charge >= 0.3 is 0 Å². The topological polar surface area (TPSA) is 60.7 Å². The number of rotatable bonds is 4. The maximum atomic E-state index is 9.74. The molecule has 3 rings (SSSR count). The third-order valence-electron chi connectivity index (χ3n) is 4.26. The van der Waals surface area contributed by atoms with Crippen LogP contribution in [0.2, 0.25) is 0 Å². The summed E-state index contributed by atoms with van der Waals surface area (Å²) in [5.41, 5.74) is 1.34. The molecule has 128 valence electrons. The van der Waals surface area contributed by atoms with Crippen molar-refractivity contribution >= 4 is 11.8 Å². The summed E-state index contributed by atoms with van der Waals surface area (Å²) < 4.78 is 22.0. The van der Waals surface area contributed by atoms with Gasteiger partial charge < -0.3 is 18.9 Å². The van der Waals surface area contributed by atoms with Crippen molar-refractivity contribution in [2.24, 2.45) is 0 Å². The van der Waals surface area contributed by atoms with E-state index >= 15 is 0 Å². The van der Waals surface area contributed by atoms with E-state index in [0.717, 1.165) is 22.4 Å². The summed E-state index contributed by atoms with van der Waals surface area (Å²) in [4.78, 5) is 0. The van der Waals surface area contributed by atoms with Crippen molar-refractivity contribution in [1.82, 2.24) is 0 Å². The third-order valence-corrected chi connectivity index (χ3v) is 4.26. The van der Waals surface area contributed by atoms with Crippen LogP contribution < -0.4 is 14.2 Å². The number of benzene rings is 2. The van der Waals surface area contributed by atoms with Crippen LogP contribution in [0.3, 0.4) is 0 Å². The van der Waals surface area contributed by atoms with Gasteiger partial charge in [-0.15, -0.1) is 0 Å². The summed E-state index contributed by atoms with van der Waals surface area (Å²) >= 11 is 0. The Morgan fingerprint density at radius 3 is 2.16 bits per heavy atom. The molecular weight excluding hydrogens is 318 g/mol. The molecule has 2 aromatic carbocycles. The molecular formula is C20H19NO4. The Kier molecular flexibility index (Phi) is 4.28. The maximum absolute atomic E-state index is 9.74. The second-order valence-corrected chi connectivity index (χ2v) is 5.78. The molecule has 1 unspecified atom stereocenters. The summed E-state index contributed by atoms with van der Waals surface area (Å²) in [6.07, 6.45) is 1.90. The van der Waals surface area contributed by atoms with Gasteiger partial charge in [-0.3, -0.25) is 0 Å². The Balaban J connectivity index is 2.15. The number of ether oxygens (including phenoxy) is 4. The highest BCUT2D eigenvalue weighted by molar-refractivity contribution is 5.82. The van der Waals surface area contributed by atoms with Gasteiger partial charge in [0.1, 0.15) is 17.6 Å². The normalized spacial score (nSPS) is 18.3. The molecule has 1 aliphatic rings. The standard InChI is InChI=1S/C20H19NO4/c1-20(12-21)16-11-19(24-4)18(23-3)10-14(16)9-17(25-20)13-5-7-15(22-2)8-6-13/h5-11H,1-4H3. The molecule has 0 spiro atoms. The van der Waals surface area contributed by atoms with Gasteiger partial charge in [0.15, 0.2) is 11.5 Å². The van der Waals surface area contributed by atoms with Gasteiger partial charge in [-0.05, 0) is 55.0 Å². The van der Waals surface area contributed by atoms with Crippen molar-refractivity contribution in [3.63, 3.8) is 0 Å². The first-order chi connectivity index (χ1) is 12.0. The fourth-order valence-electron chi connectivity index (χ4n) is 2.85. The molecule has 0 fully saturated rings. The third kappa shape index (κ3) is 2.87. The lowest BCUT2D eigenvalue weighted by Gasteiger charge is -2.32. The smallest absolute Gasteiger partial charge is 0.217 e. The average Bonchev–Trinajstić information content (AvgIpc) is 2.66. The minimum atomic E-state index is -1.13. The molecule has 5 nitrogen and oxygen atoms in total. The van der Waals surface area contributed by atoms with E-state index in [1.54, 1.807) is 34.3 Å². The molecule has 0 saturated carbocycles. The number of hydrogen-bond acceptors (Lipinski definition) is 5. The number of methoxy groups -OCH3 is 3. The van der Waals surface area contributed by atoms with Gasteiger partial charge in [-0.2, -0.15) is 5.26 Å². The number of nitrogens with zero attached hydrogens (tertiary/aromatic N) is 1. The molecule has 0 radical (unpaired) electrons. The fraction of sp³-hybridized carbons (Fsp3) is 0.250.